The molecule has 84 valence electrons. The molecule has 0 aliphatic carbocycles. The fourth-order valence-electron chi connectivity index (χ4n) is 1.32. The molecule has 1 aromatic carbocycles. The first-order chi connectivity index (χ1) is 7.51. The monoisotopic (exact) mass is 226 g/mol. The lowest BCUT2D eigenvalue weighted by atomic mass is 9.98. The van der Waals surface area contributed by atoms with E-state index in [0.29, 0.717) is 0 Å². The standard InChI is InChI=1S/C10H8F2N2O2/c11-9(12)7-2-5(10(15)16)1-6(3-13)8(7)4-14/h1-2,9H,3,13H2,(H,15,16). The molecule has 4 nitrogen and oxygen atoms in total. The van der Waals surface area contributed by atoms with Gasteiger partial charge in [-0.25, -0.2) is 13.6 Å². The summed E-state index contributed by atoms with van der Waals surface area (Å²) in [5.41, 5.74) is 4.25. The molecule has 0 saturated heterocycles. The maximum Gasteiger partial charge on any atom is 0.335 e. The van der Waals surface area contributed by atoms with Crippen LogP contribution in [0.25, 0.3) is 0 Å². The maximum atomic E-state index is 12.6. The highest BCUT2D eigenvalue weighted by atomic mass is 19.3. The Morgan fingerprint density at radius 3 is 2.56 bits per heavy atom. The molecule has 0 heterocycles. The minimum Gasteiger partial charge on any atom is -0.478 e. The van der Waals surface area contributed by atoms with Gasteiger partial charge in [-0.15, -0.1) is 0 Å². The number of nitrogens with zero attached hydrogens (tertiary/aromatic N) is 1. The number of halogens is 2. The molecule has 0 unspecified atom stereocenters. The van der Waals surface area contributed by atoms with E-state index < -0.39 is 18.0 Å². The van der Waals surface area contributed by atoms with Crippen LogP contribution in [0.1, 0.15) is 33.5 Å². The van der Waals surface area contributed by atoms with E-state index in [9.17, 15) is 13.6 Å². The van der Waals surface area contributed by atoms with Crippen LogP contribution in [-0.4, -0.2) is 11.1 Å². The Labute approximate surface area is 89.9 Å². The fourth-order valence-corrected chi connectivity index (χ4v) is 1.32. The molecule has 3 N–H and O–H groups in total. The van der Waals surface area contributed by atoms with E-state index in [0.717, 1.165) is 12.1 Å². The molecule has 0 amide bonds. The van der Waals surface area contributed by atoms with Crippen LogP contribution in [0.2, 0.25) is 0 Å². The van der Waals surface area contributed by atoms with Gasteiger partial charge in [0.2, 0.25) is 0 Å². The van der Waals surface area contributed by atoms with E-state index >= 15 is 0 Å². The van der Waals surface area contributed by atoms with E-state index in [1.54, 1.807) is 6.07 Å². The van der Waals surface area contributed by atoms with E-state index in [1.807, 2.05) is 0 Å². The van der Waals surface area contributed by atoms with Crippen molar-refractivity contribution in [3.8, 4) is 6.07 Å². The third-order valence-electron chi connectivity index (χ3n) is 2.06. The van der Waals surface area contributed by atoms with Gasteiger partial charge < -0.3 is 10.8 Å². The minimum atomic E-state index is -2.90. The van der Waals surface area contributed by atoms with Gasteiger partial charge in [-0.05, 0) is 17.7 Å². The molecule has 0 bridgehead atoms. The first kappa shape index (κ1) is 12.1. The summed E-state index contributed by atoms with van der Waals surface area (Å²) in [6.45, 7) is -0.163. The maximum absolute atomic E-state index is 12.6. The zero-order valence-electron chi connectivity index (χ0n) is 8.08. The number of aromatic carboxylic acids is 1. The number of nitrogens with two attached hydrogens (primary N) is 1. The average molecular weight is 226 g/mol. The Balaban J connectivity index is 3.51. The summed E-state index contributed by atoms with van der Waals surface area (Å²) in [5, 5.41) is 17.4. The largest absolute Gasteiger partial charge is 0.478 e. The highest BCUT2D eigenvalue weighted by Crippen LogP contribution is 2.26. The van der Waals surface area contributed by atoms with Gasteiger partial charge in [0.25, 0.3) is 6.43 Å². The van der Waals surface area contributed by atoms with E-state index in [-0.39, 0.29) is 23.2 Å². The molecule has 0 radical (unpaired) electrons. The highest BCUT2D eigenvalue weighted by Gasteiger charge is 2.19. The van der Waals surface area contributed by atoms with Crippen LogP contribution in [0.5, 0.6) is 0 Å². The van der Waals surface area contributed by atoms with Crippen molar-refractivity contribution in [2.75, 3.05) is 0 Å². The van der Waals surface area contributed by atoms with Gasteiger partial charge in [-0.1, -0.05) is 0 Å². The molecular formula is C10H8F2N2O2. The average Bonchev–Trinajstić information content (AvgIpc) is 2.26. The van der Waals surface area contributed by atoms with Crippen LogP contribution in [0.3, 0.4) is 0 Å². The number of hydrogen-bond acceptors (Lipinski definition) is 3. The summed E-state index contributed by atoms with van der Waals surface area (Å²) in [7, 11) is 0. The number of nitriles is 1. The van der Waals surface area contributed by atoms with Gasteiger partial charge in [-0.3, -0.25) is 0 Å². The van der Waals surface area contributed by atoms with E-state index in [4.69, 9.17) is 16.1 Å². The molecule has 0 saturated carbocycles. The van der Waals surface area contributed by atoms with Crippen molar-refractivity contribution in [1.29, 1.82) is 5.26 Å². The lowest BCUT2D eigenvalue weighted by Gasteiger charge is -2.09. The number of rotatable bonds is 3. The molecule has 0 aliphatic heterocycles. The molecule has 16 heavy (non-hydrogen) atoms. The smallest absolute Gasteiger partial charge is 0.335 e. The van der Waals surface area contributed by atoms with Crippen LogP contribution < -0.4 is 5.73 Å². The Hall–Kier alpha value is -2.00. The summed E-state index contributed by atoms with van der Waals surface area (Å²) >= 11 is 0. The minimum absolute atomic E-state index is 0.109. The predicted octanol–water partition coefficient (Wildman–Crippen LogP) is 1.65. The summed E-state index contributed by atoms with van der Waals surface area (Å²) in [6, 6.07) is 3.54. The summed E-state index contributed by atoms with van der Waals surface area (Å²) in [5.74, 6) is -1.33. The van der Waals surface area contributed by atoms with Crippen LogP contribution in [-0.2, 0) is 6.54 Å². The van der Waals surface area contributed by atoms with Crippen LogP contribution in [0.4, 0.5) is 8.78 Å². The van der Waals surface area contributed by atoms with Gasteiger partial charge in [-0.2, -0.15) is 5.26 Å². The van der Waals surface area contributed by atoms with Crippen molar-refractivity contribution in [3.63, 3.8) is 0 Å². The second-order valence-corrected chi connectivity index (χ2v) is 3.02. The van der Waals surface area contributed by atoms with E-state index in [1.165, 1.54) is 0 Å². The number of carbonyl (C=O) groups is 1. The van der Waals surface area contributed by atoms with Crippen LogP contribution in [0, 0.1) is 11.3 Å². The normalized spacial score (nSPS) is 10.2. The van der Waals surface area contributed by atoms with Crippen molar-refractivity contribution in [1.82, 2.24) is 0 Å². The summed E-state index contributed by atoms with van der Waals surface area (Å²) < 4.78 is 25.2. The molecule has 1 rings (SSSR count). The van der Waals surface area contributed by atoms with Gasteiger partial charge in [0.05, 0.1) is 17.2 Å². The highest BCUT2D eigenvalue weighted by molar-refractivity contribution is 5.88. The van der Waals surface area contributed by atoms with Gasteiger partial charge in [0.1, 0.15) is 0 Å². The second-order valence-electron chi connectivity index (χ2n) is 3.02. The first-order valence-electron chi connectivity index (χ1n) is 4.29. The molecule has 1 aromatic rings. The zero-order valence-corrected chi connectivity index (χ0v) is 8.08. The van der Waals surface area contributed by atoms with Crippen molar-refractivity contribution < 1.29 is 18.7 Å². The Morgan fingerprint density at radius 1 is 1.56 bits per heavy atom. The lowest BCUT2D eigenvalue weighted by molar-refractivity contribution is 0.0696. The number of carboxylic acid groups (broad SMARTS) is 1. The molecule has 0 atom stereocenters. The van der Waals surface area contributed by atoms with Crippen molar-refractivity contribution in [3.05, 3.63) is 34.4 Å². The third-order valence-corrected chi connectivity index (χ3v) is 2.06. The molecule has 0 aromatic heterocycles. The third kappa shape index (κ3) is 2.15. The Bertz CT molecular complexity index is 467. The van der Waals surface area contributed by atoms with Gasteiger partial charge in [0.15, 0.2) is 0 Å². The molecule has 0 aliphatic rings. The molecule has 0 spiro atoms. The summed E-state index contributed by atoms with van der Waals surface area (Å²) in [6.07, 6.45) is -2.90. The van der Waals surface area contributed by atoms with Crippen molar-refractivity contribution >= 4 is 5.97 Å². The molecule has 0 fully saturated rings. The molecule has 6 heteroatoms. The van der Waals surface area contributed by atoms with E-state index in [2.05, 4.69) is 0 Å². The number of hydrogen-bond donors (Lipinski definition) is 2. The number of benzene rings is 1. The van der Waals surface area contributed by atoms with Crippen LogP contribution in [0.15, 0.2) is 12.1 Å². The fraction of sp³-hybridized carbons (Fsp3) is 0.200. The number of alkyl halides is 2. The van der Waals surface area contributed by atoms with Gasteiger partial charge in [0, 0.05) is 12.1 Å². The number of carboxylic acids is 1. The second kappa shape index (κ2) is 4.68. The van der Waals surface area contributed by atoms with Crippen molar-refractivity contribution in [2.45, 2.75) is 13.0 Å². The first-order valence-corrected chi connectivity index (χ1v) is 4.29. The Kier molecular flexibility index (Phi) is 3.53. The van der Waals surface area contributed by atoms with Crippen LogP contribution >= 0.6 is 0 Å². The quantitative estimate of drug-likeness (QED) is 0.820. The van der Waals surface area contributed by atoms with Crippen molar-refractivity contribution in [2.24, 2.45) is 5.73 Å². The topological polar surface area (TPSA) is 87.1 Å². The zero-order chi connectivity index (χ0) is 12.3. The van der Waals surface area contributed by atoms with Gasteiger partial charge >= 0.3 is 5.97 Å². The summed E-state index contributed by atoms with van der Waals surface area (Å²) in [4.78, 5) is 10.7. The Morgan fingerprint density at radius 2 is 2.19 bits per heavy atom. The SMILES string of the molecule is N#Cc1c(CN)cc(C(=O)O)cc1C(F)F. The lowest BCUT2D eigenvalue weighted by Crippen LogP contribution is -2.07. The molecular weight excluding hydrogens is 218 g/mol. The predicted molar refractivity (Wildman–Crippen MR) is 51.0 cm³/mol.